The first-order valence-electron chi connectivity index (χ1n) is 10.4. The SMILES string of the molecule is CC(C)(c1ccccc1)c1ccc(OCc2ccc(C(=O)O/N=C(\N)c3cccs3)o2)cc1. The Kier molecular flexibility index (Phi) is 6.60. The summed E-state index contributed by atoms with van der Waals surface area (Å²) in [6.45, 7) is 4.56. The number of ether oxygens (including phenoxy) is 1. The van der Waals surface area contributed by atoms with E-state index >= 15 is 0 Å². The maximum Gasteiger partial charge on any atom is 0.400 e. The topological polar surface area (TPSA) is 87.0 Å². The number of nitrogens with two attached hydrogens (primary N) is 1. The van der Waals surface area contributed by atoms with Crippen LogP contribution in [0.4, 0.5) is 0 Å². The number of benzene rings is 2. The Hall–Kier alpha value is -3.84. The first-order chi connectivity index (χ1) is 15.9. The van der Waals surface area contributed by atoms with Crippen LogP contribution in [0.2, 0.25) is 0 Å². The highest BCUT2D eigenvalue weighted by molar-refractivity contribution is 7.12. The van der Waals surface area contributed by atoms with Crippen molar-refractivity contribution in [3.05, 3.63) is 112 Å². The zero-order chi connectivity index (χ0) is 23.3. The highest BCUT2D eigenvalue weighted by Gasteiger charge is 2.22. The van der Waals surface area contributed by atoms with Crippen LogP contribution < -0.4 is 10.5 Å². The monoisotopic (exact) mass is 460 g/mol. The van der Waals surface area contributed by atoms with Crippen LogP contribution in [-0.2, 0) is 16.9 Å². The maximum absolute atomic E-state index is 12.1. The van der Waals surface area contributed by atoms with Crippen LogP contribution >= 0.6 is 11.3 Å². The number of amidine groups is 1. The molecule has 4 aromatic rings. The molecule has 0 saturated heterocycles. The number of oxime groups is 1. The molecule has 2 aromatic heterocycles. The van der Waals surface area contributed by atoms with Crippen LogP contribution in [0.15, 0.2) is 93.8 Å². The molecule has 0 saturated carbocycles. The minimum Gasteiger partial charge on any atom is -0.486 e. The summed E-state index contributed by atoms with van der Waals surface area (Å²) >= 11 is 1.40. The molecule has 2 N–H and O–H groups in total. The predicted octanol–water partition coefficient (Wildman–Crippen LogP) is 5.72. The number of hydrogen-bond donors (Lipinski definition) is 1. The van der Waals surface area contributed by atoms with Crippen molar-refractivity contribution in [1.29, 1.82) is 0 Å². The molecular weight excluding hydrogens is 436 g/mol. The summed E-state index contributed by atoms with van der Waals surface area (Å²) in [7, 11) is 0. The van der Waals surface area contributed by atoms with Crippen molar-refractivity contribution in [3.63, 3.8) is 0 Å². The minimum atomic E-state index is -0.728. The van der Waals surface area contributed by atoms with Crippen LogP contribution in [0, 0.1) is 0 Å². The second-order valence-corrected chi connectivity index (χ2v) is 8.85. The van der Waals surface area contributed by atoms with Crippen LogP contribution in [-0.4, -0.2) is 11.8 Å². The van der Waals surface area contributed by atoms with Crippen molar-refractivity contribution >= 4 is 23.1 Å². The zero-order valence-electron chi connectivity index (χ0n) is 18.4. The molecule has 0 aliphatic rings. The Morgan fingerprint density at radius 1 is 0.970 bits per heavy atom. The smallest absolute Gasteiger partial charge is 0.400 e. The van der Waals surface area contributed by atoms with Crippen molar-refractivity contribution in [1.82, 2.24) is 0 Å². The summed E-state index contributed by atoms with van der Waals surface area (Å²) in [5.41, 5.74) is 8.10. The number of carbonyl (C=O) groups excluding carboxylic acids is 1. The molecule has 2 aromatic carbocycles. The third kappa shape index (κ3) is 5.32. The summed E-state index contributed by atoms with van der Waals surface area (Å²) in [4.78, 5) is 17.7. The summed E-state index contributed by atoms with van der Waals surface area (Å²) < 4.78 is 11.3. The standard InChI is InChI=1S/C26H24N2O4S/c1-26(2,18-7-4-3-5-8-18)19-10-12-20(13-11-19)30-17-21-14-15-22(31-21)25(29)32-28-24(27)23-9-6-16-33-23/h3-16H,17H2,1-2H3,(H2,27,28). The lowest BCUT2D eigenvalue weighted by atomic mass is 9.78. The molecular formula is C26H24N2O4S. The molecule has 33 heavy (non-hydrogen) atoms. The molecule has 2 heterocycles. The predicted molar refractivity (Wildman–Crippen MR) is 129 cm³/mol. The van der Waals surface area contributed by atoms with Gasteiger partial charge >= 0.3 is 5.97 Å². The van der Waals surface area contributed by atoms with E-state index in [0.29, 0.717) is 11.5 Å². The second-order valence-electron chi connectivity index (χ2n) is 7.90. The highest BCUT2D eigenvalue weighted by atomic mass is 32.1. The molecule has 0 fully saturated rings. The van der Waals surface area contributed by atoms with Crippen molar-refractivity contribution in [3.8, 4) is 5.75 Å². The van der Waals surface area contributed by atoms with Crippen LogP contribution in [0.5, 0.6) is 5.75 Å². The van der Waals surface area contributed by atoms with Gasteiger partial charge < -0.3 is 19.7 Å². The maximum atomic E-state index is 12.1. The molecule has 0 radical (unpaired) electrons. The molecule has 0 bridgehead atoms. The first kappa shape index (κ1) is 22.4. The molecule has 0 aliphatic carbocycles. The van der Waals surface area contributed by atoms with E-state index in [1.54, 1.807) is 12.1 Å². The van der Waals surface area contributed by atoms with Crippen LogP contribution in [0.3, 0.4) is 0 Å². The number of rotatable bonds is 8. The Bertz CT molecular complexity index is 1230. The molecule has 6 nitrogen and oxygen atoms in total. The molecule has 7 heteroatoms. The summed E-state index contributed by atoms with van der Waals surface area (Å²) in [6, 6.07) is 25.2. The van der Waals surface area contributed by atoms with E-state index in [2.05, 4.69) is 43.3 Å². The average molecular weight is 461 g/mol. The fourth-order valence-electron chi connectivity index (χ4n) is 3.31. The first-order valence-corrected chi connectivity index (χ1v) is 11.3. The van der Waals surface area contributed by atoms with E-state index in [9.17, 15) is 4.79 Å². The summed E-state index contributed by atoms with van der Waals surface area (Å²) in [5, 5.41) is 5.52. The van der Waals surface area contributed by atoms with Crippen molar-refractivity contribution < 1.29 is 18.8 Å². The lowest BCUT2D eigenvalue weighted by Gasteiger charge is -2.26. The van der Waals surface area contributed by atoms with E-state index in [-0.39, 0.29) is 23.6 Å². The average Bonchev–Trinajstić information content (AvgIpc) is 3.54. The normalized spacial score (nSPS) is 11.9. The van der Waals surface area contributed by atoms with E-state index < -0.39 is 5.97 Å². The van der Waals surface area contributed by atoms with Gasteiger partial charge in [-0.15, -0.1) is 11.3 Å². The van der Waals surface area contributed by atoms with Gasteiger partial charge in [0.25, 0.3) is 0 Å². The third-order valence-electron chi connectivity index (χ3n) is 5.32. The van der Waals surface area contributed by atoms with E-state index in [0.717, 1.165) is 4.88 Å². The lowest BCUT2D eigenvalue weighted by molar-refractivity contribution is 0.0475. The minimum absolute atomic E-state index is 0.0243. The highest BCUT2D eigenvalue weighted by Crippen LogP contribution is 2.32. The van der Waals surface area contributed by atoms with E-state index in [4.69, 9.17) is 19.7 Å². The number of furan rings is 1. The van der Waals surface area contributed by atoms with Crippen molar-refractivity contribution in [2.45, 2.75) is 25.9 Å². The van der Waals surface area contributed by atoms with Crippen LogP contribution in [0.1, 0.15) is 46.2 Å². The van der Waals surface area contributed by atoms with Gasteiger partial charge in [-0.2, -0.15) is 0 Å². The molecule has 0 atom stereocenters. The van der Waals surface area contributed by atoms with Gasteiger partial charge in [0.15, 0.2) is 5.84 Å². The van der Waals surface area contributed by atoms with Crippen LogP contribution in [0.25, 0.3) is 0 Å². The van der Waals surface area contributed by atoms with Gasteiger partial charge in [0.1, 0.15) is 18.1 Å². The number of thiophene rings is 1. The van der Waals surface area contributed by atoms with Gasteiger partial charge in [-0.1, -0.05) is 67.5 Å². The number of nitrogens with zero attached hydrogens (tertiary/aromatic N) is 1. The molecule has 4 rings (SSSR count). The molecule has 0 spiro atoms. The fourth-order valence-corrected chi connectivity index (χ4v) is 3.93. The third-order valence-corrected chi connectivity index (χ3v) is 6.21. The van der Waals surface area contributed by atoms with Gasteiger partial charge in [0.2, 0.25) is 5.76 Å². The summed E-state index contributed by atoms with van der Waals surface area (Å²) in [5.74, 6) is 0.624. The Morgan fingerprint density at radius 2 is 1.70 bits per heavy atom. The second kappa shape index (κ2) is 9.75. The Labute approximate surface area is 196 Å². The van der Waals surface area contributed by atoms with Gasteiger partial charge in [0.05, 0.1) is 4.88 Å². The Balaban J connectivity index is 1.34. The number of carbonyl (C=O) groups is 1. The molecule has 0 aliphatic heterocycles. The van der Waals surface area contributed by atoms with E-state index in [1.165, 1.54) is 28.5 Å². The fraction of sp³-hybridized carbons (Fsp3) is 0.154. The molecule has 0 amide bonds. The quantitative estimate of drug-likeness (QED) is 0.157. The molecule has 168 valence electrons. The molecule has 0 unspecified atom stereocenters. The van der Waals surface area contributed by atoms with Gasteiger partial charge in [-0.3, -0.25) is 0 Å². The summed E-state index contributed by atoms with van der Waals surface area (Å²) in [6.07, 6.45) is 0. The largest absolute Gasteiger partial charge is 0.486 e. The number of hydrogen-bond acceptors (Lipinski definition) is 6. The van der Waals surface area contributed by atoms with Crippen molar-refractivity contribution in [2.24, 2.45) is 10.9 Å². The zero-order valence-corrected chi connectivity index (χ0v) is 19.2. The van der Waals surface area contributed by atoms with Gasteiger partial charge in [-0.05, 0) is 46.8 Å². The lowest BCUT2D eigenvalue weighted by Crippen LogP contribution is -2.18. The van der Waals surface area contributed by atoms with Gasteiger partial charge in [-0.25, -0.2) is 4.79 Å². The van der Waals surface area contributed by atoms with Gasteiger partial charge in [0, 0.05) is 5.41 Å². The Morgan fingerprint density at radius 3 is 2.39 bits per heavy atom. The van der Waals surface area contributed by atoms with Crippen molar-refractivity contribution in [2.75, 3.05) is 0 Å². The van der Waals surface area contributed by atoms with E-state index in [1.807, 2.05) is 41.8 Å².